The van der Waals surface area contributed by atoms with Crippen LogP contribution >= 0.6 is 11.6 Å². The average Bonchev–Trinajstić information content (AvgIpc) is 3.25. The molecule has 0 radical (unpaired) electrons. The SMILES string of the molecule is CN1CC(Nc2ncc(Cl)c(-c3c[nH]c4ccccc34)n2)C[C@@H](C(=O)Cc2ccc(N)cc2)C1. The molecular formula is C26H27ClN6O. The zero-order chi connectivity index (χ0) is 23.7. The predicted octanol–water partition coefficient (Wildman–Crippen LogP) is 4.40. The van der Waals surface area contributed by atoms with E-state index in [-0.39, 0.29) is 17.7 Å². The minimum Gasteiger partial charge on any atom is -0.399 e. The van der Waals surface area contributed by atoms with E-state index in [9.17, 15) is 4.79 Å². The summed E-state index contributed by atoms with van der Waals surface area (Å²) in [6, 6.07) is 15.6. The van der Waals surface area contributed by atoms with Crippen molar-refractivity contribution in [1.82, 2.24) is 19.9 Å². The number of para-hydroxylation sites is 1. The first-order valence-electron chi connectivity index (χ1n) is 11.4. The number of halogens is 1. The summed E-state index contributed by atoms with van der Waals surface area (Å²) in [5, 5.41) is 4.99. The molecule has 1 aliphatic rings. The van der Waals surface area contributed by atoms with Crippen LogP contribution in [0.1, 0.15) is 12.0 Å². The molecule has 5 rings (SSSR count). The summed E-state index contributed by atoms with van der Waals surface area (Å²) in [6.07, 6.45) is 4.69. The molecule has 0 aliphatic carbocycles. The van der Waals surface area contributed by atoms with Crippen molar-refractivity contribution in [3.05, 3.63) is 71.5 Å². The molecule has 174 valence electrons. The summed E-state index contributed by atoms with van der Waals surface area (Å²) in [5.74, 6) is 0.684. The Morgan fingerprint density at radius 2 is 2.00 bits per heavy atom. The first kappa shape index (κ1) is 22.4. The number of rotatable bonds is 6. The number of likely N-dealkylation sites (tertiary alicyclic amines) is 1. The lowest BCUT2D eigenvalue weighted by molar-refractivity contribution is -0.123. The van der Waals surface area contributed by atoms with Gasteiger partial charge >= 0.3 is 0 Å². The number of nitrogen functional groups attached to an aromatic ring is 1. The van der Waals surface area contributed by atoms with Gasteiger partial charge < -0.3 is 20.9 Å². The van der Waals surface area contributed by atoms with E-state index in [4.69, 9.17) is 22.3 Å². The highest BCUT2D eigenvalue weighted by Gasteiger charge is 2.30. The molecule has 3 heterocycles. The molecule has 1 aliphatic heterocycles. The Kier molecular flexibility index (Phi) is 6.22. The number of aromatic amines is 1. The number of aromatic nitrogens is 3. The van der Waals surface area contributed by atoms with Crippen LogP contribution in [0.3, 0.4) is 0 Å². The van der Waals surface area contributed by atoms with Crippen LogP contribution in [0.15, 0.2) is 60.9 Å². The zero-order valence-corrected chi connectivity index (χ0v) is 19.7. The summed E-state index contributed by atoms with van der Waals surface area (Å²) in [7, 11) is 2.04. The number of hydrogen-bond donors (Lipinski definition) is 3. The number of piperidine rings is 1. The van der Waals surface area contributed by atoms with E-state index in [1.54, 1.807) is 6.20 Å². The molecule has 0 saturated carbocycles. The zero-order valence-electron chi connectivity index (χ0n) is 19.0. The minimum absolute atomic E-state index is 0.0520. The Balaban J connectivity index is 1.32. The van der Waals surface area contributed by atoms with Crippen molar-refractivity contribution in [3.63, 3.8) is 0 Å². The van der Waals surface area contributed by atoms with E-state index in [0.717, 1.165) is 41.5 Å². The van der Waals surface area contributed by atoms with Crippen LogP contribution in [0.5, 0.6) is 0 Å². The number of hydrogen-bond acceptors (Lipinski definition) is 6. The van der Waals surface area contributed by atoms with Crippen molar-refractivity contribution < 1.29 is 4.79 Å². The van der Waals surface area contributed by atoms with Crippen LogP contribution in [0.4, 0.5) is 11.6 Å². The third kappa shape index (κ3) is 4.76. The van der Waals surface area contributed by atoms with Gasteiger partial charge in [-0.25, -0.2) is 9.97 Å². The number of likely N-dealkylation sites (N-methyl/N-ethyl adjacent to an activating group) is 1. The highest BCUT2D eigenvalue weighted by Crippen LogP contribution is 2.32. The van der Waals surface area contributed by atoms with E-state index < -0.39 is 0 Å². The number of carbonyl (C=O) groups is 1. The Bertz CT molecular complexity index is 1320. The number of nitrogens with two attached hydrogens (primary N) is 1. The van der Waals surface area contributed by atoms with Gasteiger partial charge in [-0.05, 0) is 37.2 Å². The average molecular weight is 475 g/mol. The maximum absolute atomic E-state index is 13.0. The van der Waals surface area contributed by atoms with E-state index in [1.807, 2.05) is 61.8 Å². The molecule has 0 amide bonds. The Hall–Kier alpha value is -3.42. The molecule has 0 spiro atoms. The van der Waals surface area contributed by atoms with Crippen LogP contribution in [-0.2, 0) is 11.2 Å². The molecular weight excluding hydrogens is 448 g/mol. The van der Waals surface area contributed by atoms with Gasteiger partial charge in [0, 0.05) is 59.8 Å². The molecule has 7 nitrogen and oxygen atoms in total. The van der Waals surface area contributed by atoms with E-state index in [0.29, 0.717) is 28.8 Å². The summed E-state index contributed by atoms with van der Waals surface area (Å²) in [4.78, 5) is 27.6. The molecule has 4 N–H and O–H groups in total. The van der Waals surface area contributed by atoms with Gasteiger partial charge in [0.2, 0.25) is 5.95 Å². The van der Waals surface area contributed by atoms with Crippen LogP contribution < -0.4 is 11.1 Å². The standard InChI is InChI=1S/C26H27ClN6O/c1-33-14-17(24(34)10-16-6-8-18(28)9-7-16)11-19(15-33)31-26-30-13-22(27)25(32-26)21-12-29-23-5-3-2-4-20(21)23/h2-9,12-13,17,19,29H,10-11,14-15,28H2,1H3,(H,30,31,32)/t17-,19?/m1/s1. The van der Waals surface area contributed by atoms with E-state index in [2.05, 4.69) is 20.2 Å². The number of ketones is 1. The molecule has 2 atom stereocenters. The first-order valence-corrected chi connectivity index (χ1v) is 11.8. The second kappa shape index (κ2) is 9.44. The summed E-state index contributed by atoms with van der Waals surface area (Å²) < 4.78 is 0. The fourth-order valence-electron chi connectivity index (χ4n) is 4.71. The highest BCUT2D eigenvalue weighted by atomic mass is 35.5. The molecule has 8 heteroatoms. The predicted molar refractivity (Wildman–Crippen MR) is 137 cm³/mol. The maximum Gasteiger partial charge on any atom is 0.223 e. The van der Waals surface area contributed by atoms with Gasteiger partial charge in [0.05, 0.1) is 16.9 Å². The number of carbonyl (C=O) groups excluding carboxylic acids is 1. The van der Waals surface area contributed by atoms with Gasteiger partial charge in [0.25, 0.3) is 0 Å². The Labute approximate surface area is 203 Å². The maximum atomic E-state index is 13.0. The number of Topliss-reactive ketones (excluding diaryl/α,β-unsaturated/α-hetero) is 1. The number of nitrogens with zero attached hydrogens (tertiary/aromatic N) is 3. The van der Waals surface area contributed by atoms with Gasteiger partial charge in [-0.3, -0.25) is 4.79 Å². The molecule has 1 unspecified atom stereocenters. The van der Waals surface area contributed by atoms with E-state index in [1.165, 1.54) is 0 Å². The summed E-state index contributed by atoms with van der Waals surface area (Å²) >= 11 is 6.48. The fourth-order valence-corrected chi connectivity index (χ4v) is 4.91. The van der Waals surface area contributed by atoms with Crippen molar-refractivity contribution in [1.29, 1.82) is 0 Å². The van der Waals surface area contributed by atoms with Gasteiger partial charge in [-0.1, -0.05) is 41.9 Å². The molecule has 1 fully saturated rings. The van der Waals surface area contributed by atoms with Crippen LogP contribution in [0.25, 0.3) is 22.2 Å². The monoisotopic (exact) mass is 474 g/mol. The highest BCUT2D eigenvalue weighted by molar-refractivity contribution is 6.33. The topological polar surface area (TPSA) is 99.9 Å². The van der Waals surface area contributed by atoms with Crippen LogP contribution in [-0.4, -0.2) is 51.8 Å². The van der Waals surface area contributed by atoms with Crippen LogP contribution in [0, 0.1) is 5.92 Å². The van der Waals surface area contributed by atoms with Crippen molar-refractivity contribution in [2.75, 3.05) is 31.2 Å². The number of benzene rings is 2. The fraction of sp³-hybridized carbons (Fsp3) is 0.269. The number of fused-ring (bicyclic) bond motifs is 1. The van der Waals surface area contributed by atoms with Gasteiger partial charge in [0.1, 0.15) is 5.78 Å². The van der Waals surface area contributed by atoms with Crippen molar-refractivity contribution >= 4 is 39.9 Å². The minimum atomic E-state index is -0.0609. The van der Waals surface area contributed by atoms with Crippen LogP contribution in [0.2, 0.25) is 5.02 Å². The Morgan fingerprint density at radius 3 is 2.82 bits per heavy atom. The quantitative estimate of drug-likeness (QED) is 0.358. The van der Waals surface area contributed by atoms with Crippen molar-refractivity contribution in [2.24, 2.45) is 5.92 Å². The second-order valence-electron chi connectivity index (χ2n) is 9.02. The number of nitrogens with one attached hydrogen (secondary N) is 2. The molecule has 2 aromatic heterocycles. The number of anilines is 2. The molecule has 1 saturated heterocycles. The molecule has 2 aromatic carbocycles. The van der Waals surface area contributed by atoms with Gasteiger partial charge in [0.15, 0.2) is 0 Å². The Morgan fingerprint density at radius 1 is 1.21 bits per heavy atom. The largest absolute Gasteiger partial charge is 0.399 e. The summed E-state index contributed by atoms with van der Waals surface area (Å²) in [5.41, 5.74) is 10.1. The molecule has 4 aromatic rings. The second-order valence-corrected chi connectivity index (χ2v) is 9.43. The normalized spacial score (nSPS) is 18.8. The van der Waals surface area contributed by atoms with Gasteiger partial charge in [-0.2, -0.15) is 0 Å². The van der Waals surface area contributed by atoms with Crippen molar-refractivity contribution in [2.45, 2.75) is 18.9 Å². The third-order valence-corrected chi connectivity index (χ3v) is 6.64. The molecule has 34 heavy (non-hydrogen) atoms. The smallest absolute Gasteiger partial charge is 0.223 e. The lowest BCUT2D eigenvalue weighted by Gasteiger charge is -2.35. The lowest BCUT2D eigenvalue weighted by Crippen LogP contribution is -2.47. The number of H-pyrrole nitrogens is 1. The summed E-state index contributed by atoms with van der Waals surface area (Å²) in [6.45, 7) is 1.55. The van der Waals surface area contributed by atoms with E-state index >= 15 is 0 Å². The lowest BCUT2D eigenvalue weighted by atomic mass is 9.88. The van der Waals surface area contributed by atoms with Gasteiger partial charge in [-0.15, -0.1) is 0 Å². The van der Waals surface area contributed by atoms with Crippen molar-refractivity contribution in [3.8, 4) is 11.3 Å². The molecule has 0 bridgehead atoms. The first-order chi connectivity index (χ1) is 16.5. The third-order valence-electron chi connectivity index (χ3n) is 6.37.